The van der Waals surface area contributed by atoms with Gasteiger partial charge in [-0.1, -0.05) is 13.8 Å². The van der Waals surface area contributed by atoms with Crippen LogP contribution in [-0.2, 0) is 19.4 Å². The normalized spacial score (nSPS) is 14.4. The summed E-state index contributed by atoms with van der Waals surface area (Å²) in [6.07, 6.45) is 4.29. The van der Waals surface area contributed by atoms with E-state index in [9.17, 15) is 4.79 Å². The largest absolute Gasteiger partial charge is 0.409 e. The lowest BCUT2D eigenvalue weighted by molar-refractivity contribution is 0.478. The Bertz CT molecular complexity index is 770. The number of nitrogens with zero attached hydrogens (tertiary/aromatic N) is 2. The van der Waals surface area contributed by atoms with Crippen molar-refractivity contribution in [1.29, 1.82) is 0 Å². The van der Waals surface area contributed by atoms with E-state index in [0.717, 1.165) is 32.2 Å². The van der Waals surface area contributed by atoms with Crippen molar-refractivity contribution < 1.29 is 4.42 Å². The number of rotatable bonds is 3. The van der Waals surface area contributed by atoms with Gasteiger partial charge in [-0.2, -0.15) is 0 Å². The van der Waals surface area contributed by atoms with Crippen LogP contribution in [0.4, 0.5) is 0 Å². The van der Waals surface area contributed by atoms with Gasteiger partial charge in [0.15, 0.2) is 0 Å². The van der Waals surface area contributed by atoms with Crippen LogP contribution in [0.25, 0.3) is 11.5 Å². The van der Waals surface area contributed by atoms with Crippen molar-refractivity contribution in [1.82, 2.24) is 14.8 Å². The van der Waals surface area contributed by atoms with Crippen LogP contribution in [0.15, 0.2) is 15.3 Å². The minimum absolute atomic E-state index is 0.0328. The van der Waals surface area contributed by atoms with Crippen molar-refractivity contribution in [3.05, 3.63) is 32.5 Å². The number of aromatic amines is 1. The van der Waals surface area contributed by atoms with E-state index in [1.807, 2.05) is 10.6 Å². The first-order valence-corrected chi connectivity index (χ1v) is 7.78. The Morgan fingerprint density at radius 2 is 2.19 bits per heavy atom. The molecule has 5 nitrogen and oxygen atoms in total. The van der Waals surface area contributed by atoms with Gasteiger partial charge in [-0.3, -0.25) is 4.79 Å². The molecule has 1 N–H and O–H groups in total. The summed E-state index contributed by atoms with van der Waals surface area (Å²) in [4.78, 5) is 13.0. The molecule has 0 saturated heterocycles. The van der Waals surface area contributed by atoms with Crippen LogP contribution in [0.1, 0.15) is 37.9 Å². The number of hydrogen-bond acceptors (Lipinski definition) is 4. The third-order valence-electron chi connectivity index (χ3n) is 3.82. The minimum atomic E-state index is -0.0328. The average Bonchev–Trinajstić information content (AvgIpc) is 2.88. The topological polar surface area (TPSA) is 63.8 Å². The molecule has 0 saturated carbocycles. The van der Waals surface area contributed by atoms with Crippen LogP contribution in [0.3, 0.4) is 0 Å². The lowest BCUT2D eigenvalue weighted by atomic mass is 9.94. The zero-order valence-electron chi connectivity index (χ0n) is 12.3. The Morgan fingerprint density at radius 3 is 2.86 bits per heavy atom. The fraction of sp³-hybridized carbons (Fsp3) is 0.533. The molecule has 112 valence electrons. The molecular weight excluding hydrogens is 286 g/mol. The number of nitrogens with one attached hydrogen (secondary N) is 1. The first-order valence-electron chi connectivity index (χ1n) is 7.37. The number of aromatic nitrogens is 3. The van der Waals surface area contributed by atoms with E-state index in [0.29, 0.717) is 11.5 Å². The second kappa shape index (κ2) is 5.60. The standard InChI is InChI=1S/C15H19N3O2S/c1-9(2)8-18-12-6-4-3-5-10(12)7-11(14(18)19)13-16-17-15(21)20-13/h7,9H,3-6,8H2,1-2H3,(H,17,21). The summed E-state index contributed by atoms with van der Waals surface area (Å²) >= 11 is 4.91. The first-order chi connectivity index (χ1) is 10.1. The van der Waals surface area contributed by atoms with Gasteiger partial charge in [0.2, 0.25) is 0 Å². The molecule has 21 heavy (non-hydrogen) atoms. The quantitative estimate of drug-likeness (QED) is 0.885. The van der Waals surface area contributed by atoms with Gasteiger partial charge in [-0.25, -0.2) is 5.10 Å². The van der Waals surface area contributed by atoms with Crippen LogP contribution in [0.5, 0.6) is 0 Å². The van der Waals surface area contributed by atoms with Crippen LogP contribution in [0, 0.1) is 10.8 Å². The minimum Gasteiger partial charge on any atom is -0.409 e. The van der Waals surface area contributed by atoms with Gasteiger partial charge >= 0.3 is 0 Å². The Labute approximate surface area is 128 Å². The second-order valence-electron chi connectivity index (χ2n) is 5.96. The van der Waals surface area contributed by atoms with Crippen molar-refractivity contribution in [2.45, 2.75) is 46.1 Å². The van der Waals surface area contributed by atoms with Crippen molar-refractivity contribution >= 4 is 12.2 Å². The molecule has 2 aromatic rings. The van der Waals surface area contributed by atoms with Gasteiger partial charge in [0.25, 0.3) is 16.3 Å². The Hall–Kier alpha value is -1.69. The Balaban J connectivity index is 2.22. The Kier molecular flexibility index (Phi) is 3.80. The molecule has 0 aliphatic heterocycles. The molecule has 0 aromatic carbocycles. The lowest BCUT2D eigenvalue weighted by Gasteiger charge is -2.23. The first kappa shape index (κ1) is 14.3. The highest BCUT2D eigenvalue weighted by Gasteiger charge is 2.21. The predicted octanol–water partition coefficient (Wildman–Crippen LogP) is 3.10. The smallest absolute Gasteiger partial charge is 0.284 e. The molecule has 0 radical (unpaired) electrons. The number of hydrogen-bond donors (Lipinski definition) is 1. The van der Waals surface area contributed by atoms with Gasteiger partial charge < -0.3 is 8.98 Å². The second-order valence-corrected chi connectivity index (χ2v) is 6.34. The van der Waals surface area contributed by atoms with Crippen molar-refractivity contribution in [3.8, 4) is 11.5 Å². The zero-order chi connectivity index (χ0) is 15.0. The van der Waals surface area contributed by atoms with E-state index >= 15 is 0 Å². The van der Waals surface area contributed by atoms with Crippen LogP contribution < -0.4 is 5.56 Å². The maximum atomic E-state index is 12.8. The van der Waals surface area contributed by atoms with E-state index in [1.165, 1.54) is 11.3 Å². The lowest BCUT2D eigenvalue weighted by Crippen LogP contribution is -2.29. The summed E-state index contributed by atoms with van der Waals surface area (Å²) in [6.45, 7) is 4.96. The molecule has 3 rings (SSSR count). The van der Waals surface area contributed by atoms with E-state index < -0.39 is 0 Å². The van der Waals surface area contributed by atoms with Crippen LogP contribution >= 0.6 is 12.2 Å². The number of H-pyrrole nitrogens is 1. The highest BCUT2D eigenvalue weighted by molar-refractivity contribution is 7.71. The summed E-state index contributed by atoms with van der Waals surface area (Å²) in [6, 6.07) is 1.93. The third kappa shape index (κ3) is 2.72. The maximum absolute atomic E-state index is 12.8. The monoisotopic (exact) mass is 305 g/mol. The Morgan fingerprint density at radius 1 is 1.43 bits per heavy atom. The van der Waals surface area contributed by atoms with Gasteiger partial charge in [-0.15, -0.1) is 5.10 Å². The average molecular weight is 305 g/mol. The van der Waals surface area contributed by atoms with Crippen LogP contribution in [0.2, 0.25) is 0 Å². The molecular formula is C15H19N3O2S. The molecule has 6 heteroatoms. The van der Waals surface area contributed by atoms with Crippen molar-refractivity contribution in [2.75, 3.05) is 0 Å². The van der Waals surface area contributed by atoms with Gasteiger partial charge in [0.1, 0.15) is 5.56 Å². The maximum Gasteiger partial charge on any atom is 0.284 e. The number of pyridine rings is 1. The zero-order valence-corrected chi connectivity index (χ0v) is 13.1. The molecule has 1 aliphatic carbocycles. The van der Waals surface area contributed by atoms with Crippen molar-refractivity contribution in [3.63, 3.8) is 0 Å². The summed E-state index contributed by atoms with van der Waals surface area (Å²) in [5, 5.41) is 6.59. The van der Waals surface area contributed by atoms with Crippen LogP contribution in [-0.4, -0.2) is 14.8 Å². The molecule has 2 aromatic heterocycles. The third-order valence-corrected chi connectivity index (χ3v) is 3.99. The van der Waals surface area contributed by atoms with Crippen molar-refractivity contribution in [2.24, 2.45) is 5.92 Å². The summed E-state index contributed by atoms with van der Waals surface area (Å²) < 4.78 is 7.24. The molecule has 0 spiro atoms. The molecule has 1 aliphatic rings. The van der Waals surface area contributed by atoms with Gasteiger partial charge in [0, 0.05) is 12.2 Å². The van der Waals surface area contributed by atoms with E-state index in [-0.39, 0.29) is 16.3 Å². The molecule has 0 unspecified atom stereocenters. The molecule has 0 amide bonds. The van der Waals surface area contributed by atoms with Gasteiger partial charge in [0.05, 0.1) is 0 Å². The van der Waals surface area contributed by atoms with E-state index in [1.54, 1.807) is 0 Å². The molecule has 2 heterocycles. The van der Waals surface area contributed by atoms with E-state index in [4.69, 9.17) is 16.6 Å². The van der Waals surface area contributed by atoms with E-state index in [2.05, 4.69) is 24.0 Å². The predicted molar refractivity (Wildman–Crippen MR) is 82.9 cm³/mol. The van der Waals surface area contributed by atoms with Gasteiger partial charge in [-0.05, 0) is 55.4 Å². The fourth-order valence-corrected chi connectivity index (χ4v) is 3.06. The highest BCUT2D eigenvalue weighted by atomic mass is 32.1. The number of aryl methyl sites for hydroxylation is 1. The summed E-state index contributed by atoms with van der Waals surface area (Å²) in [5.41, 5.74) is 2.89. The SMILES string of the molecule is CC(C)Cn1c2c(cc(-c3n[nH]c(=S)o3)c1=O)CCCC2. The fourth-order valence-electron chi connectivity index (χ4n) is 2.94. The molecule has 0 bridgehead atoms. The highest BCUT2D eigenvalue weighted by Crippen LogP contribution is 2.24. The summed E-state index contributed by atoms with van der Waals surface area (Å²) in [7, 11) is 0. The molecule has 0 fully saturated rings. The molecule has 0 atom stereocenters. The summed E-state index contributed by atoms with van der Waals surface area (Å²) in [5.74, 6) is 0.700. The number of fused-ring (bicyclic) bond motifs is 1.